The molecule has 28 heavy (non-hydrogen) atoms. The molecule has 0 aliphatic heterocycles. The van der Waals surface area contributed by atoms with Crippen LogP contribution in [0.3, 0.4) is 0 Å². The number of rotatable bonds is 4. The Kier molecular flexibility index (Phi) is 5.18. The summed E-state index contributed by atoms with van der Waals surface area (Å²) >= 11 is 12.3. The molecule has 0 bridgehead atoms. The zero-order chi connectivity index (χ0) is 20.6. The molecule has 1 aliphatic carbocycles. The quantitative estimate of drug-likeness (QED) is 0.552. The summed E-state index contributed by atoms with van der Waals surface area (Å²) in [6.07, 6.45) is 0. The highest BCUT2D eigenvalue weighted by Crippen LogP contribution is 2.40. The van der Waals surface area contributed by atoms with Crippen molar-refractivity contribution in [2.45, 2.75) is 0 Å². The number of benzene rings is 2. The summed E-state index contributed by atoms with van der Waals surface area (Å²) in [6.45, 7) is 0. The van der Waals surface area contributed by atoms with E-state index in [0.29, 0.717) is 0 Å². The van der Waals surface area contributed by atoms with Gasteiger partial charge in [0.15, 0.2) is 0 Å². The van der Waals surface area contributed by atoms with Gasteiger partial charge in [-0.25, -0.2) is 9.59 Å². The van der Waals surface area contributed by atoms with E-state index in [1.54, 1.807) is 24.3 Å². The Bertz CT molecular complexity index is 1040. The molecule has 0 unspecified atom stereocenters. The van der Waals surface area contributed by atoms with Crippen LogP contribution in [0, 0.1) is 10.8 Å². The van der Waals surface area contributed by atoms with Crippen LogP contribution >= 0.6 is 23.2 Å². The number of allylic oxidation sites excluding steroid dienone is 2. The Labute approximate surface area is 169 Å². The molecule has 0 fully saturated rings. The van der Waals surface area contributed by atoms with E-state index < -0.39 is 34.5 Å². The second-order valence-corrected chi connectivity index (χ2v) is 6.63. The van der Waals surface area contributed by atoms with Crippen molar-refractivity contribution in [1.82, 2.24) is 0 Å². The normalized spacial score (nSPS) is 14.5. The smallest absolute Gasteiger partial charge is 0.338 e. The molecule has 2 aromatic carbocycles. The molecule has 6 nitrogen and oxygen atoms in total. The molecule has 0 saturated carbocycles. The van der Waals surface area contributed by atoms with Crippen molar-refractivity contribution in [3.63, 3.8) is 0 Å². The Morgan fingerprint density at radius 2 is 1.00 bits per heavy atom. The highest BCUT2D eigenvalue weighted by atomic mass is 35.5. The summed E-state index contributed by atoms with van der Waals surface area (Å²) < 4.78 is 0. The van der Waals surface area contributed by atoms with Crippen molar-refractivity contribution in [3.8, 4) is 0 Å². The van der Waals surface area contributed by atoms with Crippen molar-refractivity contribution in [1.29, 1.82) is 10.8 Å². The summed E-state index contributed by atoms with van der Waals surface area (Å²) in [5.74, 6) is -2.95. The Morgan fingerprint density at radius 1 is 0.679 bits per heavy atom. The fourth-order valence-electron chi connectivity index (χ4n) is 3.04. The lowest BCUT2D eigenvalue weighted by atomic mass is 9.78. The first-order chi connectivity index (χ1) is 13.3. The molecule has 8 heteroatoms. The molecule has 2 aromatic rings. The number of carboxylic acid groups (broad SMARTS) is 2. The van der Waals surface area contributed by atoms with Gasteiger partial charge < -0.3 is 10.2 Å². The van der Waals surface area contributed by atoms with Gasteiger partial charge in [0, 0.05) is 32.3 Å². The highest BCUT2D eigenvalue weighted by Gasteiger charge is 2.38. The van der Waals surface area contributed by atoms with Gasteiger partial charge in [0.2, 0.25) is 0 Å². The first kappa shape index (κ1) is 19.5. The molecule has 3 rings (SSSR count). The minimum atomic E-state index is -1.47. The van der Waals surface area contributed by atoms with Gasteiger partial charge in [-0.15, -0.1) is 0 Å². The van der Waals surface area contributed by atoms with Crippen LogP contribution in [0.15, 0.2) is 59.7 Å². The van der Waals surface area contributed by atoms with Crippen LogP contribution in [0.1, 0.15) is 11.1 Å². The monoisotopic (exact) mass is 414 g/mol. The minimum absolute atomic E-state index is 0.139. The van der Waals surface area contributed by atoms with Crippen molar-refractivity contribution in [2.75, 3.05) is 0 Å². The molecule has 140 valence electrons. The Hall–Kier alpha value is -3.22. The van der Waals surface area contributed by atoms with Gasteiger partial charge in [0.05, 0.1) is 22.6 Å². The third kappa shape index (κ3) is 3.13. The summed E-state index contributed by atoms with van der Waals surface area (Å²) in [6, 6.07) is 12.3. The van der Waals surface area contributed by atoms with Gasteiger partial charge in [-0.3, -0.25) is 10.8 Å². The zero-order valence-corrected chi connectivity index (χ0v) is 15.6. The Balaban J connectivity index is 2.40. The van der Waals surface area contributed by atoms with E-state index in [1.807, 2.05) is 0 Å². The predicted octanol–water partition coefficient (Wildman–Crippen LogP) is 4.42. The SMILES string of the molecule is N=C1C(C(=O)O)=C(c2ccccc2Cl)C(=N)C(C(=O)O)=C1c1ccccc1Cl. The van der Waals surface area contributed by atoms with Crippen molar-refractivity contribution < 1.29 is 19.8 Å². The molecule has 1 aliphatic rings. The number of carbonyl (C=O) groups is 2. The standard InChI is InChI=1S/C20H12Cl2N2O4/c21-11-7-3-1-5-9(11)13-15(19(25)26)18(24)14(16(17(13)23)20(27)28)10-6-2-4-8-12(10)22/h1-8,23-24H,(H,25,26)(H,27,28). The zero-order valence-electron chi connectivity index (χ0n) is 14.1. The van der Waals surface area contributed by atoms with E-state index in [4.69, 9.17) is 34.0 Å². The molecule has 0 aromatic heterocycles. The van der Waals surface area contributed by atoms with E-state index in [-0.39, 0.29) is 32.3 Å². The van der Waals surface area contributed by atoms with E-state index in [9.17, 15) is 19.8 Å². The van der Waals surface area contributed by atoms with Gasteiger partial charge in [0.1, 0.15) is 0 Å². The van der Waals surface area contributed by atoms with E-state index in [0.717, 1.165) is 0 Å². The van der Waals surface area contributed by atoms with Gasteiger partial charge in [-0.05, 0) is 12.1 Å². The number of halogens is 2. The van der Waals surface area contributed by atoms with Gasteiger partial charge >= 0.3 is 11.9 Å². The number of nitrogens with one attached hydrogen (secondary N) is 2. The average Bonchev–Trinajstić information content (AvgIpc) is 2.63. The highest BCUT2D eigenvalue weighted by molar-refractivity contribution is 6.59. The van der Waals surface area contributed by atoms with Crippen molar-refractivity contribution in [2.24, 2.45) is 0 Å². The van der Waals surface area contributed by atoms with Gasteiger partial charge in [-0.2, -0.15) is 0 Å². The third-order valence-electron chi connectivity index (χ3n) is 4.21. The lowest BCUT2D eigenvalue weighted by molar-refractivity contribution is -0.133. The molecule has 4 N–H and O–H groups in total. The first-order valence-corrected chi connectivity index (χ1v) is 8.64. The first-order valence-electron chi connectivity index (χ1n) is 7.89. The lowest BCUT2D eigenvalue weighted by Gasteiger charge is -2.25. The average molecular weight is 415 g/mol. The molecule has 0 atom stereocenters. The summed E-state index contributed by atoms with van der Waals surface area (Å²) in [4.78, 5) is 24.0. The summed E-state index contributed by atoms with van der Waals surface area (Å²) in [5.41, 5.74) is -2.27. The number of aliphatic carboxylic acids is 2. The molecule has 0 amide bonds. The lowest BCUT2D eigenvalue weighted by Crippen LogP contribution is -2.29. The topological polar surface area (TPSA) is 122 Å². The van der Waals surface area contributed by atoms with E-state index in [1.165, 1.54) is 24.3 Å². The van der Waals surface area contributed by atoms with Crippen molar-refractivity contribution >= 4 is 57.7 Å². The number of carboxylic acids is 2. The Morgan fingerprint density at radius 3 is 1.29 bits per heavy atom. The maximum atomic E-state index is 12.0. The largest absolute Gasteiger partial charge is 0.478 e. The fraction of sp³-hybridized carbons (Fsp3) is 0. The molecule has 0 radical (unpaired) electrons. The van der Waals surface area contributed by atoms with Gasteiger partial charge in [-0.1, -0.05) is 59.6 Å². The fourth-order valence-corrected chi connectivity index (χ4v) is 3.50. The van der Waals surface area contributed by atoms with Crippen LogP contribution in [0.25, 0.3) is 11.1 Å². The van der Waals surface area contributed by atoms with Crippen molar-refractivity contribution in [3.05, 3.63) is 80.8 Å². The predicted molar refractivity (Wildman–Crippen MR) is 107 cm³/mol. The summed E-state index contributed by atoms with van der Waals surface area (Å²) in [5, 5.41) is 36.8. The van der Waals surface area contributed by atoms with Gasteiger partial charge in [0.25, 0.3) is 0 Å². The molecule has 0 heterocycles. The minimum Gasteiger partial charge on any atom is -0.478 e. The second kappa shape index (κ2) is 7.42. The van der Waals surface area contributed by atoms with Crippen LogP contribution in [0.5, 0.6) is 0 Å². The second-order valence-electron chi connectivity index (χ2n) is 5.82. The van der Waals surface area contributed by atoms with Crippen LogP contribution in [-0.2, 0) is 9.59 Å². The molecular weight excluding hydrogens is 403 g/mol. The third-order valence-corrected chi connectivity index (χ3v) is 4.87. The van der Waals surface area contributed by atoms with E-state index >= 15 is 0 Å². The van der Waals surface area contributed by atoms with E-state index in [2.05, 4.69) is 0 Å². The maximum absolute atomic E-state index is 12.0. The van der Waals surface area contributed by atoms with Crippen LogP contribution in [-0.4, -0.2) is 33.6 Å². The number of hydrogen-bond acceptors (Lipinski definition) is 4. The molecule has 0 spiro atoms. The molecule has 0 saturated heterocycles. The summed E-state index contributed by atoms with van der Waals surface area (Å²) in [7, 11) is 0. The maximum Gasteiger partial charge on any atom is 0.338 e. The van der Waals surface area contributed by atoms with Crippen LogP contribution in [0.2, 0.25) is 10.0 Å². The van der Waals surface area contributed by atoms with Crippen LogP contribution in [0.4, 0.5) is 0 Å². The number of hydrogen-bond donors (Lipinski definition) is 4. The van der Waals surface area contributed by atoms with Crippen LogP contribution < -0.4 is 0 Å². The molecular formula is C20H12Cl2N2O4.